The maximum atomic E-state index is 5.78. The third kappa shape index (κ3) is 3.43. The molecule has 0 aromatic carbocycles. The average molecular weight is 249 g/mol. The van der Waals surface area contributed by atoms with Crippen molar-refractivity contribution in [3.63, 3.8) is 0 Å². The highest BCUT2D eigenvalue weighted by atomic mass is 16.5. The molecule has 2 rings (SSSR count). The summed E-state index contributed by atoms with van der Waals surface area (Å²) in [7, 11) is 2.19. The Hall–Kier alpha value is -1.13. The Morgan fingerprint density at radius 3 is 2.94 bits per heavy atom. The molecule has 100 valence electrons. The molecule has 1 aliphatic rings. The minimum absolute atomic E-state index is 0.0266. The molecule has 1 saturated heterocycles. The Morgan fingerprint density at radius 2 is 2.39 bits per heavy atom. The number of hydrogen-bond acceptors (Lipinski definition) is 4. The molecule has 1 aromatic heterocycles. The SMILES string of the molecule is CC(N)c1ccc(OCCC2CCCN2C)nc1. The molecular weight excluding hydrogens is 226 g/mol. The highest BCUT2D eigenvalue weighted by molar-refractivity contribution is 5.19. The van der Waals surface area contributed by atoms with Crippen molar-refractivity contribution in [1.82, 2.24) is 9.88 Å². The van der Waals surface area contributed by atoms with E-state index in [1.54, 1.807) is 6.20 Å². The van der Waals surface area contributed by atoms with Gasteiger partial charge in [-0.2, -0.15) is 0 Å². The van der Waals surface area contributed by atoms with Gasteiger partial charge in [-0.1, -0.05) is 6.07 Å². The van der Waals surface area contributed by atoms with Crippen molar-refractivity contribution >= 4 is 0 Å². The van der Waals surface area contributed by atoms with Crippen molar-refractivity contribution in [2.24, 2.45) is 5.73 Å². The summed E-state index contributed by atoms with van der Waals surface area (Å²) in [5, 5.41) is 0. The summed E-state index contributed by atoms with van der Waals surface area (Å²) in [6, 6.07) is 4.58. The summed E-state index contributed by atoms with van der Waals surface area (Å²) in [6.45, 7) is 3.90. The molecule has 4 nitrogen and oxygen atoms in total. The fourth-order valence-electron chi connectivity index (χ4n) is 2.39. The molecule has 0 spiro atoms. The molecule has 0 radical (unpaired) electrons. The zero-order valence-electron chi connectivity index (χ0n) is 11.3. The van der Waals surface area contributed by atoms with E-state index in [0.717, 1.165) is 18.6 Å². The van der Waals surface area contributed by atoms with E-state index in [1.165, 1.54) is 19.4 Å². The van der Waals surface area contributed by atoms with Gasteiger partial charge in [0.1, 0.15) is 0 Å². The van der Waals surface area contributed by atoms with Crippen molar-refractivity contribution in [2.75, 3.05) is 20.2 Å². The predicted molar refractivity (Wildman–Crippen MR) is 72.6 cm³/mol. The maximum absolute atomic E-state index is 5.78. The van der Waals surface area contributed by atoms with Crippen LogP contribution < -0.4 is 10.5 Å². The number of rotatable bonds is 5. The zero-order chi connectivity index (χ0) is 13.0. The van der Waals surface area contributed by atoms with Crippen LogP contribution in [0.2, 0.25) is 0 Å². The van der Waals surface area contributed by atoms with Crippen molar-refractivity contribution in [1.29, 1.82) is 0 Å². The average Bonchev–Trinajstić information content (AvgIpc) is 2.76. The molecule has 0 bridgehead atoms. The number of pyridine rings is 1. The molecule has 0 saturated carbocycles. The smallest absolute Gasteiger partial charge is 0.213 e. The van der Waals surface area contributed by atoms with Gasteiger partial charge in [0.15, 0.2) is 0 Å². The molecule has 2 atom stereocenters. The van der Waals surface area contributed by atoms with Crippen LogP contribution in [0, 0.1) is 0 Å². The van der Waals surface area contributed by atoms with E-state index >= 15 is 0 Å². The fourth-order valence-corrected chi connectivity index (χ4v) is 2.39. The minimum atomic E-state index is 0.0266. The first kappa shape index (κ1) is 13.3. The van der Waals surface area contributed by atoms with Crippen LogP contribution in [0.15, 0.2) is 18.3 Å². The third-order valence-electron chi connectivity index (χ3n) is 3.66. The van der Waals surface area contributed by atoms with Gasteiger partial charge >= 0.3 is 0 Å². The van der Waals surface area contributed by atoms with Gasteiger partial charge in [-0.15, -0.1) is 0 Å². The van der Waals surface area contributed by atoms with Crippen LogP contribution in [0.25, 0.3) is 0 Å². The first-order chi connectivity index (χ1) is 8.66. The Morgan fingerprint density at radius 1 is 1.56 bits per heavy atom. The van der Waals surface area contributed by atoms with Crippen molar-refractivity contribution in [2.45, 2.75) is 38.3 Å². The van der Waals surface area contributed by atoms with E-state index in [-0.39, 0.29) is 6.04 Å². The second-order valence-corrected chi connectivity index (χ2v) is 5.13. The lowest BCUT2D eigenvalue weighted by Crippen LogP contribution is -2.26. The topological polar surface area (TPSA) is 51.4 Å². The van der Waals surface area contributed by atoms with Crippen LogP contribution in [0.4, 0.5) is 0 Å². The van der Waals surface area contributed by atoms with Gasteiger partial charge in [-0.25, -0.2) is 4.98 Å². The summed E-state index contributed by atoms with van der Waals surface area (Å²) < 4.78 is 5.67. The normalized spacial score (nSPS) is 22.1. The lowest BCUT2D eigenvalue weighted by atomic mass is 10.1. The number of nitrogens with zero attached hydrogens (tertiary/aromatic N) is 2. The van der Waals surface area contributed by atoms with Crippen molar-refractivity contribution in [3.05, 3.63) is 23.9 Å². The van der Waals surface area contributed by atoms with Gasteiger partial charge in [-0.3, -0.25) is 0 Å². The third-order valence-corrected chi connectivity index (χ3v) is 3.66. The first-order valence-corrected chi connectivity index (χ1v) is 6.71. The summed E-state index contributed by atoms with van der Waals surface area (Å²) in [4.78, 5) is 6.68. The van der Waals surface area contributed by atoms with Gasteiger partial charge in [0.2, 0.25) is 5.88 Å². The second kappa shape index (κ2) is 6.16. The summed E-state index contributed by atoms with van der Waals surface area (Å²) >= 11 is 0. The van der Waals surface area contributed by atoms with E-state index in [1.807, 2.05) is 19.1 Å². The number of nitrogens with two attached hydrogens (primary N) is 1. The van der Waals surface area contributed by atoms with Crippen molar-refractivity contribution in [3.8, 4) is 5.88 Å². The van der Waals surface area contributed by atoms with E-state index < -0.39 is 0 Å². The maximum Gasteiger partial charge on any atom is 0.213 e. The number of ether oxygens (including phenoxy) is 1. The highest BCUT2D eigenvalue weighted by Crippen LogP contribution is 2.18. The molecule has 1 fully saturated rings. The molecule has 4 heteroatoms. The number of hydrogen-bond donors (Lipinski definition) is 1. The standard InChI is InChI=1S/C14H23N3O/c1-11(15)12-5-6-14(16-10-12)18-9-7-13-4-3-8-17(13)2/h5-6,10-11,13H,3-4,7-9,15H2,1-2H3. The summed E-state index contributed by atoms with van der Waals surface area (Å²) in [5.41, 5.74) is 6.82. The monoisotopic (exact) mass is 249 g/mol. The van der Waals surface area contributed by atoms with Gasteiger partial charge < -0.3 is 15.4 Å². The molecular formula is C14H23N3O. The first-order valence-electron chi connectivity index (χ1n) is 6.71. The number of likely N-dealkylation sites (tertiary alicyclic amines) is 1. The molecule has 0 aliphatic carbocycles. The molecule has 1 aromatic rings. The van der Waals surface area contributed by atoms with Crippen LogP contribution in [0.5, 0.6) is 5.88 Å². The van der Waals surface area contributed by atoms with Gasteiger partial charge in [0.25, 0.3) is 0 Å². The highest BCUT2D eigenvalue weighted by Gasteiger charge is 2.20. The van der Waals surface area contributed by atoms with E-state index in [0.29, 0.717) is 11.9 Å². The largest absolute Gasteiger partial charge is 0.478 e. The van der Waals surface area contributed by atoms with Gasteiger partial charge in [0.05, 0.1) is 6.61 Å². The summed E-state index contributed by atoms with van der Waals surface area (Å²) in [6.07, 6.45) is 5.47. The number of aromatic nitrogens is 1. The van der Waals surface area contributed by atoms with E-state index in [4.69, 9.17) is 10.5 Å². The molecule has 2 heterocycles. The Kier molecular flexibility index (Phi) is 4.55. The molecule has 2 N–H and O–H groups in total. The Labute approximate surface area is 109 Å². The lowest BCUT2D eigenvalue weighted by molar-refractivity contribution is 0.228. The quantitative estimate of drug-likeness (QED) is 0.866. The van der Waals surface area contributed by atoms with Crippen LogP contribution in [0.3, 0.4) is 0 Å². The Bertz CT molecular complexity index is 364. The molecule has 0 amide bonds. The van der Waals surface area contributed by atoms with E-state index in [2.05, 4.69) is 16.9 Å². The lowest BCUT2D eigenvalue weighted by Gasteiger charge is -2.19. The Balaban J connectivity index is 1.76. The molecule has 2 unspecified atom stereocenters. The van der Waals surface area contributed by atoms with Gasteiger partial charge in [0, 0.05) is 24.3 Å². The summed E-state index contributed by atoms with van der Waals surface area (Å²) in [5.74, 6) is 0.694. The van der Waals surface area contributed by atoms with E-state index in [9.17, 15) is 0 Å². The van der Waals surface area contributed by atoms with Crippen LogP contribution >= 0.6 is 0 Å². The second-order valence-electron chi connectivity index (χ2n) is 5.13. The zero-order valence-corrected chi connectivity index (χ0v) is 11.3. The molecule has 1 aliphatic heterocycles. The van der Waals surface area contributed by atoms with Crippen LogP contribution in [0.1, 0.15) is 37.8 Å². The van der Waals surface area contributed by atoms with Crippen LogP contribution in [-0.4, -0.2) is 36.1 Å². The van der Waals surface area contributed by atoms with Crippen LogP contribution in [-0.2, 0) is 0 Å². The fraction of sp³-hybridized carbons (Fsp3) is 0.643. The van der Waals surface area contributed by atoms with Crippen molar-refractivity contribution < 1.29 is 4.74 Å². The minimum Gasteiger partial charge on any atom is -0.478 e. The van der Waals surface area contributed by atoms with Gasteiger partial charge in [-0.05, 0) is 45.3 Å². The molecule has 18 heavy (non-hydrogen) atoms. The predicted octanol–water partition coefficient (Wildman–Crippen LogP) is 1.96.